The SMILES string of the molecule is CCCCN(CCCN(C)C)C(=O)CN1CC(c2ccc3c(c2)CCO3)C(C(=O)O)C1CCc1ncccn1. The van der Waals surface area contributed by atoms with Gasteiger partial charge in [0.2, 0.25) is 5.91 Å². The number of hydrogen-bond acceptors (Lipinski definition) is 7. The molecule has 3 atom stereocenters. The Morgan fingerprint density at radius 1 is 1.13 bits per heavy atom. The topological polar surface area (TPSA) is 99.1 Å². The highest BCUT2D eigenvalue weighted by molar-refractivity contribution is 5.79. The zero-order valence-corrected chi connectivity index (χ0v) is 23.6. The van der Waals surface area contributed by atoms with Crippen molar-refractivity contribution in [3.63, 3.8) is 0 Å². The number of aliphatic carboxylic acids is 1. The van der Waals surface area contributed by atoms with Gasteiger partial charge in [0.1, 0.15) is 11.6 Å². The lowest BCUT2D eigenvalue weighted by molar-refractivity contribution is -0.143. The number of amides is 1. The zero-order valence-electron chi connectivity index (χ0n) is 23.6. The number of benzene rings is 1. The van der Waals surface area contributed by atoms with Crippen molar-refractivity contribution < 1.29 is 19.4 Å². The van der Waals surface area contributed by atoms with Crippen LogP contribution >= 0.6 is 0 Å². The van der Waals surface area contributed by atoms with Gasteiger partial charge in [-0.2, -0.15) is 0 Å². The number of aromatic nitrogens is 2. The van der Waals surface area contributed by atoms with Gasteiger partial charge in [0.15, 0.2) is 0 Å². The highest BCUT2D eigenvalue weighted by atomic mass is 16.5. The fraction of sp³-hybridized carbons (Fsp3) is 0.600. The van der Waals surface area contributed by atoms with Crippen LogP contribution in [0.2, 0.25) is 0 Å². The summed E-state index contributed by atoms with van der Waals surface area (Å²) in [6.07, 6.45) is 8.29. The summed E-state index contributed by atoms with van der Waals surface area (Å²) in [4.78, 5) is 41.3. The Kier molecular flexibility index (Phi) is 10.3. The van der Waals surface area contributed by atoms with Crippen molar-refractivity contribution in [1.29, 1.82) is 0 Å². The Morgan fingerprint density at radius 3 is 2.62 bits per heavy atom. The molecule has 1 fully saturated rings. The molecule has 3 heterocycles. The van der Waals surface area contributed by atoms with Crippen molar-refractivity contribution in [1.82, 2.24) is 24.7 Å². The van der Waals surface area contributed by atoms with Gasteiger partial charge in [0, 0.05) is 56.8 Å². The van der Waals surface area contributed by atoms with Crippen molar-refractivity contribution in [3.05, 3.63) is 53.6 Å². The number of hydrogen-bond donors (Lipinski definition) is 1. The second-order valence-electron chi connectivity index (χ2n) is 11.0. The minimum absolute atomic E-state index is 0.0790. The fourth-order valence-electron chi connectivity index (χ4n) is 5.93. The summed E-state index contributed by atoms with van der Waals surface area (Å²) in [7, 11) is 4.08. The van der Waals surface area contributed by atoms with Crippen LogP contribution in [0.15, 0.2) is 36.7 Å². The average molecular weight is 538 g/mol. The number of ether oxygens (including phenoxy) is 1. The first-order valence-corrected chi connectivity index (χ1v) is 14.3. The van der Waals surface area contributed by atoms with Crippen LogP contribution in [0, 0.1) is 5.92 Å². The lowest BCUT2D eigenvalue weighted by Crippen LogP contribution is -2.45. The van der Waals surface area contributed by atoms with Crippen molar-refractivity contribution in [3.8, 4) is 5.75 Å². The molecule has 2 aliphatic rings. The highest BCUT2D eigenvalue weighted by Crippen LogP contribution is 2.41. The van der Waals surface area contributed by atoms with E-state index >= 15 is 0 Å². The molecule has 9 nitrogen and oxygen atoms in total. The molecular formula is C30H43N5O4. The van der Waals surface area contributed by atoms with Crippen LogP contribution in [0.3, 0.4) is 0 Å². The van der Waals surface area contributed by atoms with Gasteiger partial charge in [-0.05, 0) is 63.2 Å². The number of carbonyl (C=O) groups is 2. The van der Waals surface area contributed by atoms with Gasteiger partial charge < -0.3 is 19.6 Å². The minimum atomic E-state index is -0.820. The van der Waals surface area contributed by atoms with Crippen LogP contribution in [0.5, 0.6) is 5.75 Å². The van der Waals surface area contributed by atoms with Gasteiger partial charge in [-0.1, -0.05) is 25.5 Å². The lowest BCUT2D eigenvalue weighted by atomic mass is 9.83. The van der Waals surface area contributed by atoms with E-state index < -0.39 is 11.9 Å². The molecule has 0 aliphatic carbocycles. The number of fused-ring (bicyclic) bond motifs is 1. The Balaban J connectivity index is 1.56. The third-order valence-electron chi connectivity index (χ3n) is 7.96. The summed E-state index contributed by atoms with van der Waals surface area (Å²) in [5.41, 5.74) is 2.14. The van der Waals surface area contributed by atoms with Crippen LogP contribution in [0.4, 0.5) is 0 Å². The Labute approximate surface area is 232 Å². The normalized spacial score (nSPS) is 20.7. The lowest BCUT2D eigenvalue weighted by Gasteiger charge is -2.30. The Hall–Kier alpha value is -3.04. The number of rotatable bonds is 14. The van der Waals surface area contributed by atoms with E-state index in [4.69, 9.17) is 4.74 Å². The van der Waals surface area contributed by atoms with Gasteiger partial charge in [-0.25, -0.2) is 9.97 Å². The van der Waals surface area contributed by atoms with Crippen molar-refractivity contribution >= 4 is 11.9 Å². The molecule has 4 rings (SSSR count). The first-order valence-electron chi connectivity index (χ1n) is 14.3. The van der Waals surface area contributed by atoms with E-state index in [9.17, 15) is 14.7 Å². The van der Waals surface area contributed by atoms with E-state index in [-0.39, 0.29) is 24.4 Å². The standard InChI is InChI=1S/C30H43N5O4/c1-4-5-16-34(17-7-15-33(2)3)28(36)21-35-20-24(22-8-10-26-23(19-22)12-18-39-26)29(30(37)38)25(35)9-11-27-31-13-6-14-32-27/h6,8,10,13-14,19,24-25,29H,4-5,7,9,11-12,15-18,20-21H2,1-3H3,(H,37,38). The molecule has 39 heavy (non-hydrogen) atoms. The number of nitrogens with zero attached hydrogens (tertiary/aromatic N) is 5. The number of carboxylic acids is 1. The molecule has 1 aromatic heterocycles. The predicted octanol–water partition coefficient (Wildman–Crippen LogP) is 3.09. The van der Waals surface area contributed by atoms with Gasteiger partial charge >= 0.3 is 5.97 Å². The van der Waals surface area contributed by atoms with Crippen molar-refractivity contribution in [2.75, 3.05) is 53.4 Å². The van der Waals surface area contributed by atoms with Gasteiger partial charge in [-0.3, -0.25) is 14.5 Å². The Morgan fingerprint density at radius 2 is 1.90 bits per heavy atom. The summed E-state index contributed by atoms with van der Waals surface area (Å²) in [6.45, 7) is 5.91. The van der Waals surface area contributed by atoms with E-state index in [1.54, 1.807) is 18.5 Å². The summed E-state index contributed by atoms with van der Waals surface area (Å²) >= 11 is 0. The molecule has 0 spiro atoms. The average Bonchev–Trinajstić information content (AvgIpc) is 3.54. The second-order valence-corrected chi connectivity index (χ2v) is 11.0. The molecule has 1 saturated heterocycles. The fourth-order valence-corrected chi connectivity index (χ4v) is 5.93. The number of unbranched alkanes of at least 4 members (excludes halogenated alkanes) is 1. The van der Waals surface area contributed by atoms with E-state index in [0.29, 0.717) is 38.4 Å². The van der Waals surface area contributed by atoms with E-state index in [2.05, 4.69) is 32.8 Å². The van der Waals surface area contributed by atoms with Gasteiger partial charge in [0.25, 0.3) is 0 Å². The molecule has 0 bridgehead atoms. The predicted molar refractivity (Wildman–Crippen MR) is 150 cm³/mol. The number of carboxylic acid groups (broad SMARTS) is 1. The summed E-state index contributed by atoms with van der Waals surface area (Å²) in [6, 6.07) is 7.57. The second kappa shape index (κ2) is 13.8. The van der Waals surface area contributed by atoms with E-state index in [0.717, 1.165) is 55.6 Å². The summed E-state index contributed by atoms with van der Waals surface area (Å²) in [5, 5.41) is 10.5. The summed E-state index contributed by atoms with van der Waals surface area (Å²) < 4.78 is 5.68. The van der Waals surface area contributed by atoms with Crippen molar-refractivity contribution in [2.24, 2.45) is 5.92 Å². The van der Waals surface area contributed by atoms with E-state index in [1.807, 2.05) is 31.1 Å². The minimum Gasteiger partial charge on any atom is -0.493 e. The molecule has 3 unspecified atom stereocenters. The maximum atomic E-state index is 13.7. The molecule has 9 heteroatoms. The smallest absolute Gasteiger partial charge is 0.308 e. The first kappa shape index (κ1) is 29.0. The zero-order chi connectivity index (χ0) is 27.8. The molecule has 2 aliphatic heterocycles. The largest absolute Gasteiger partial charge is 0.493 e. The maximum absolute atomic E-state index is 13.7. The third kappa shape index (κ3) is 7.54. The third-order valence-corrected chi connectivity index (χ3v) is 7.96. The molecule has 1 aromatic carbocycles. The maximum Gasteiger partial charge on any atom is 0.308 e. The molecule has 1 amide bonds. The number of carbonyl (C=O) groups excluding carboxylic acids is 1. The summed E-state index contributed by atoms with van der Waals surface area (Å²) in [5.74, 6) is 0.00674. The van der Waals surface area contributed by atoms with Crippen LogP contribution in [0.1, 0.15) is 55.5 Å². The Bertz CT molecular complexity index is 1100. The van der Waals surface area contributed by atoms with Crippen LogP contribution < -0.4 is 4.74 Å². The van der Waals surface area contributed by atoms with Crippen LogP contribution in [-0.2, 0) is 22.4 Å². The van der Waals surface area contributed by atoms with E-state index in [1.165, 1.54) is 0 Å². The number of aryl methyl sites for hydroxylation is 1. The molecule has 2 aromatic rings. The highest BCUT2D eigenvalue weighted by Gasteiger charge is 2.47. The van der Waals surface area contributed by atoms with Crippen LogP contribution in [-0.4, -0.2) is 101 Å². The quantitative estimate of drug-likeness (QED) is 0.393. The van der Waals surface area contributed by atoms with Gasteiger partial charge in [0.05, 0.1) is 19.1 Å². The first-order chi connectivity index (χ1) is 18.9. The van der Waals surface area contributed by atoms with Crippen molar-refractivity contribution in [2.45, 2.75) is 57.4 Å². The molecule has 0 saturated carbocycles. The molecular weight excluding hydrogens is 494 g/mol. The van der Waals surface area contributed by atoms with Crippen LogP contribution in [0.25, 0.3) is 0 Å². The molecule has 0 radical (unpaired) electrons. The monoisotopic (exact) mass is 537 g/mol. The number of likely N-dealkylation sites (tertiary alicyclic amines) is 1. The molecule has 1 N–H and O–H groups in total. The van der Waals surface area contributed by atoms with Gasteiger partial charge in [-0.15, -0.1) is 0 Å². The molecule has 212 valence electrons.